The summed E-state index contributed by atoms with van der Waals surface area (Å²) in [5.41, 5.74) is 0. The average Bonchev–Trinajstić information content (AvgIpc) is 2.87. The van der Waals surface area contributed by atoms with Crippen molar-refractivity contribution in [2.75, 3.05) is 13.2 Å². The van der Waals surface area contributed by atoms with Crippen LogP contribution in [-0.4, -0.2) is 19.3 Å². The first-order valence-corrected chi connectivity index (χ1v) is 5.24. The van der Waals surface area contributed by atoms with Gasteiger partial charge in [0, 0.05) is 13.2 Å². The molecule has 3 nitrogen and oxygen atoms in total. The second kappa shape index (κ2) is 4.62. The molecule has 0 spiro atoms. The highest BCUT2D eigenvalue weighted by atomic mass is 16.5. The summed E-state index contributed by atoms with van der Waals surface area (Å²) in [6.45, 7) is 3.94. The summed E-state index contributed by atoms with van der Waals surface area (Å²) >= 11 is 0. The van der Waals surface area contributed by atoms with Gasteiger partial charge in [0.25, 0.3) is 0 Å². The number of rotatable bonds is 4. The van der Waals surface area contributed by atoms with Gasteiger partial charge in [0.15, 0.2) is 0 Å². The van der Waals surface area contributed by atoms with Gasteiger partial charge in [-0.25, -0.2) is 0 Å². The number of furan rings is 1. The SMILES string of the molecule is C[C@@H](NCC1CCCO1)c1ccco1. The lowest BCUT2D eigenvalue weighted by Crippen LogP contribution is -2.28. The Labute approximate surface area is 84.4 Å². The molecule has 0 amide bonds. The van der Waals surface area contributed by atoms with Crippen LogP contribution in [-0.2, 0) is 4.74 Å². The molecule has 2 rings (SSSR count). The molecule has 0 saturated carbocycles. The lowest BCUT2D eigenvalue weighted by Gasteiger charge is -2.14. The van der Waals surface area contributed by atoms with E-state index in [-0.39, 0.29) is 6.04 Å². The van der Waals surface area contributed by atoms with Crippen LogP contribution in [0, 0.1) is 0 Å². The minimum atomic E-state index is 0.272. The maximum atomic E-state index is 5.53. The maximum Gasteiger partial charge on any atom is 0.120 e. The molecule has 1 aromatic rings. The summed E-state index contributed by atoms with van der Waals surface area (Å²) in [5.74, 6) is 0.989. The van der Waals surface area contributed by atoms with E-state index in [1.807, 2.05) is 12.1 Å². The fraction of sp³-hybridized carbons (Fsp3) is 0.636. The van der Waals surface area contributed by atoms with Crippen molar-refractivity contribution in [1.82, 2.24) is 5.32 Å². The molecule has 0 aromatic carbocycles. The molecule has 1 aromatic heterocycles. The highest BCUT2D eigenvalue weighted by Crippen LogP contribution is 2.15. The summed E-state index contributed by atoms with van der Waals surface area (Å²) in [6.07, 6.45) is 4.48. The Morgan fingerprint density at radius 2 is 2.57 bits per heavy atom. The number of hydrogen-bond donors (Lipinski definition) is 1. The predicted octanol–water partition coefficient (Wildman–Crippen LogP) is 2.11. The van der Waals surface area contributed by atoms with E-state index in [4.69, 9.17) is 9.15 Å². The van der Waals surface area contributed by atoms with Crippen LogP contribution in [0.5, 0.6) is 0 Å². The molecule has 1 aliphatic heterocycles. The van der Waals surface area contributed by atoms with Crippen LogP contribution >= 0.6 is 0 Å². The topological polar surface area (TPSA) is 34.4 Å². The Kier molecular flexibility index (Phi) is 3.22. The highest BCUT2D eigenvalue weighted by molar-refractivity contribution is 5.02. The van der Waals surface area contributed by atoms with Gasteiger partial charge < -0.3 is 14.5 Å². The van der Waals surface area contributed by atoms with Crippen molar-refractivity contribution in [3.05, 3.63) is 24.2 Å². The predicted molar refractivity (Wildman–Crippen MR) is 54.1 cm³/mol. The Morgan fingerprint density at radius 3 is 3.21 bits per heavy atom. The molecule has 14 heavy (non-hydrogen) atoms. The lowest BCUT2D eigenvalue weighted by molar-refractivity contribution is 0.107. The third-order valence-corrected chi connectivity index (χ3v) is 2.65. The number of ether oxygens (including phenoxy) is 1. The lowest BCUT2D eigenvalue weighted by atomic mass is 10.2. The zero-order valence-corrected chi connectivity index (χ0v) is 8.53. The van der Waals surface area contributed by atoms with Crippen molar-refractivity contribution in [2.45, 2.75) is 31.9 Å². The second-order valence-corrected chi connectivity index (χ2v) is 3.78. The van der Waals surface area contributed by atoms with Crippen molar-refractivity contribution in [3.63, 3.8) is 0 Å². The molecule has 0 radical (unpaired) electrons. The van der Waals surface area contributed by atoms with E-state index in [9.17, 15) is 0 Å². The fourth-order valence-electron chi connectivity index (χ4n) is 1.75. The normalized spacial score (nSPS) is 23.9. The first kappa shape index (κ1) is 9.74. The van der Waals surface area contributed by atoms with Crippen LogP contribution in [0.15, 0.2) is 22.8 Å². The fourth-order valence-corrected chi connectivity index (χ4v) is 1.75. The molecule has 1 N–H and O–H groups in total. The van der Waals surface area contributed by atoms with Gasteiger partial charge in [0.1, 0.15) is 5.76 Å². The van der Waals surface area contributed by atoms with Crippen molar-refractivity contribution in [1.29, 1.82) is 0 Å². The van der Waals surface area contributed by atoms with Crippen molar-refractivity contribution in [3.8, 4) is 0 Å². The molecule has 1 saturated heterocycles. The van der Waals surface area contributed by atoms with Gasteiger partial charge in [-0.15, -0.1) is 0 Å². The van der Waals surface area contributed by atoms with Gasteiger partial charge in [0.05, 0.1) is 18.4 Å². The van der Waals surface area contributed by atoms with Crippen LogP contribution < -0.4 is 5.32 Å². The summed E-state index contributed by atoms with van der Waals surface area (Å²) in [6, 6.07) is 4.18. The summed E-state index contributed by atoms with van der Waals surface area (Å²) < 4.78 is 10.8. The van der Waals surface area contributed by atoms with Gasteiger partial charge in [-0.1, -0.05) is 0 Å². The highest BCUT2D eigenvalue weighted by Gasteiger charge is 2.16. The third-order valence-electron chi connectivity index (χ3n) is 2.65. The number of nitrogens with one attached hydrogen (secondary N) is 1. The van der Waals surface area contributed by atoms with Gasteiger partial charge >= 0.3 is 0 Å². The van der Waals surface area contributed by atoms with E-state index in [0.29, 0.717) is 6.10 Å². The minimum Gasteiger partial charge on any atom is -0.468 e. The molecule has 1 fully saturated rings. The Morgan fingerprint density at radius 1 is 1.64 bits per heavy atom. The Hall–Kier alpha value is -0.800. The van der Waals surface area contributed by atoms with Crippen molar-refractivity contribution in [2.24, 2.45) is 0 Å². The zero-order valence-electron chi connectivity index (χ0n) is 8.53. The van der Waals surface area contributed by atoms with E-state index in [0.717, 1.165) is 18.9 Å². The minimum absolute atomic E-state index is 0.272. The summed E-state index contributed by atoms with van der Waals surface area (Å²) in [5, 5.41) is 3.41. The van der Waals surface area contributed by atoms with Crippen LogP contribution in [0.25, 0.3) is 0 Å². The van der Waals surface area contributed by atoms with Crippen molar-refractivity contribution < 1.29 is 9.15 Å². The van der Waals surface area contributed by atoms with Gasteiger partial charge in [0.2, 0.25) is 0 Å². The maximum absolute atomic E-state index is 5.53. The third kappa shape index (κ3) is 2.36. The standard InChI is InChI=1S/C11H17NO2/c1-9(11-5-3-7-14-11)12-8-10-4-2-6-13-10/h3,5,7,9-10,12H,2,4,6,8H2,1H3/t9-,10?/m1/s1. The first-order chi connectivity index (χ1) is 6.86. The van der Waals surface area contributed by atoms with Gasteiger partial charge in [-0.2, -0.15) is 0 Å². The molecule has 2 heterocycles. The molecular weight excluding hydrogens is 178 g/mol. The van der Waals surface area contributed by atoms with E-state index < -0.39 is 0 Å². The first-order valence-electron chi connectivity index (χ1n) is 5.24. The molecule has 3 heteroatoms. The molecule has 1 unspecified atom stereocenters. The molecule has 1 aliphatic rings. The molecule has 78 valence electrons. The summed E-state index contributed by atoms with van der Waals surface area (Å²) in [4.78, 5) is 0. The van der Waals surface area contributed by atoms with Gasteiger partial charge in [-0.05, 0) is 31.9 Å². The van der Waals surface area contributed by atoms with E-state index in [2.05, 4.69) is 12.2 Å². The zero-order chi connectivity index (χ0) is 9.80. The van der Waals surface area contributed by atoms with Crippen molar-refractivity contribution >= 4 is 0 Å². The number of hydrogen-bond acceptors (Lipinski definition) is 3. The Balaban J connectivity index is 1.74. The largest absolute Gasteiger partial charge is 0.468 e. The molecule has 2 atom stereocenters. The quantitative estimate of drug-likeness (QED) is 0.799. The second-order valence-electron chi connectivity index (χ2n) is 3.78. The Bertz CT molecular complexity index is 252. The van der Waals surface area contributed by atoms with E-state index in [1.165, 1.54) is 12.8 Å². The van der Waals surface area contributed by atoms with Crippen LogP contribution in [0.3, 0.4) is 0 Å². The van der Waals surface area contributed by atoms with Crippen LogP contribution in [0.4, 0.5) is 0 Å². The van der Waals surface area contributed by atoms with Gasteiger partial charge in [-0.3, -0.25) is 0 Å². The monoisotopic (exact) mass is 195 g/mol. The van der Waals surface area contributed by atoms with E-state index >= 15 is 0 Å². The molecule has 0 bridgehead atoms. The average molecular weight is 195 g/mol. The molecule has 0 aliphatic carbocycles. The van der Waals surface area contributed by atoms with Crippen LogP contribution in [0.2, 0.25) is 0 Å². The smallest absolute Gasteiger partial charge is 0.120 e. The van der Waals surface area contributed by atoms with E-state index in [1.54, 1.807) is 6.26 Å². The molecular formula is C11H17NO2. The summed E-state index contributed by atoms with van der Waals surface area (Å²) in [7, 11) is 0. The van der Waals surface area contributed by atoms with Crippen LogP contribution in [0.1, 0.15) is 31.6 Å².